The van der Waals surface area contributed by atoms with Crippen LogP contribution >= 0.6 is 0 Å². The minimum absolute atomic E-state index is 0.290. The molecule has 0 aliphatic heterocycles. The highest BCUT2D eigenvalue weighted by molar-refractivity contribution is 5.23. The van der Waals surface area contributed by atoms with Crippen molar-refractivity contribution in [3.05, 3.63) is 30.1 Å². The number of rotatable bonds is 8. The Morgan fingerprint density at radius 1 is 1.19 bits per heavy atom. The van der Waals surface area contributed by atoms with Crippen LogP contribution in [0, 0.1) is 5.82 Å². The molecule has 0 heterocycles. The second-order valence-corrected chi connectivity index (χ2v) is 3.74. The fourth-order valence-corrected chi connectivity index (χ4v) is 1.37. The molecule has 0 radical (unpaired) electrons. The molecule has 0 aromatic heterocycles. The van der Waals surface area contributed by atoms with Crippen molar-refractivity contribution in [1.29, 1.82) is 0 Å². The van der Waals surface area contributed by atoms with Gasteiger partial charge >= 0.3 is 0 Å². The van der Waals surface area contributed by atoms with Crippen LogP contribution < -0.4 is 10.1 Å². The molecule has 1 rings (SSSR count). The lowest BCUT2D eigenvalue weighted by molar-refractivity contribution is 0.293. The van der Waals surface area contributed by atoms with E-state index in [-0.39, 0.29) is 5.82 Å². The van der Waals surface area contributed by atoms with Crippen LogP contribution in [-0.4, -0.2) is 19.7 Å². The summed E-state index contributed by atoms with van der Waals surface area (Å²) in [5.74, 6) is 0.0532. The van der Waals surface area contributed by atoms with E-state index in [1.807, 2.05) is 0 Å². The predicted octanol–water partition coefficient (Wildman–Crippen LogP) is 2.98. The molecule has 0 fully saturated rings. The molecule has 0 aliphatic carbocycles. The summed E-state index contributed by atoms with van der Waals surface area (Å²) in [6.07, 6.45) is 3.31. The van der Waals surface area contributed by atoms with E-state index in [9.17, 15) is 4.39 Å². The van der Waals surface area contributed by atoms with E-state index in [0.29, 0.717) is 12.4 Å². The van der Waals surface area contributed by atoms with Crippen LogP contribution in [0.2, 0.25) is 0 Å². The molecule has 90 valence electrons. The number of ether oxygens (including phenoxy) is 1. The van der Waals surface area contributed by atoms with Gasteiger partial charge in [-0.15, -0.1) is 0 Å². The molecular formula is C13H20FNO. The van der Waals surface area contributed by atoms with Crippen LogP contribution in [0.4, 0.5) is 4.39 Å². The lowest BCUT2D eigenvalue weighted by atomic mass is 10.3. The van der Waals surface area contributed by atoms with Crippen molar-refractivity contribution < 1.29 is 9.13 Å². The molecule has 0 amide bonds. The normalized spacial score (nSPS) is 10.4. The summed E-state index contributed by atoms with van der Waals surface area (Å²) in [4.78, 5) is 0. The Morgan fingerprint density at radius 2 is 1.94 bits per heavy atom. The number of benzene rings is 1. The zero-order valence-electron chi connectivity index (χ0n) is 9.84. The van der Waals surface area contributed by atoms with Gasteiger partial charge in [-0.05, 0) is 38.1 Å². The van der Waals surface area contributed by atoms with E-state index in [2.05, 4.69) is 12.2 Å². The van der Waals surface area contributed by atoms with E-state index >= 15 is 0 Å². The summed E-state index contributed by atoms with van der Waals surface area (Å²) in [6, 6.07) is 6.50. The van der Waals surface area contributed by atoms with E-state index in [1.54, 1.807) is 18.2 Å². The van der Waals surface area contributed by atoms with Crippen LogP contribution in [0.1, 0.15) is 26.2 Å². The van der Waals surface area contributed by atoms with Crippen molar-refractivity contribution >= 4 is 0 Å². The average molecular weight is 225 g/mol. The molecule has 0 aliphatic rings. The first-order chi connectivity index (χ1) is 7.84. The van der Waals surface area contributed by atoms with Gasteiger partial charge in [-0.2, -0.15) is 0 Å². The van der Waals surface area contributed by atoms with E-state index in [1.165, 1.54) is 18.9 Å². The highest BCUT2D eigenvalue weighted by atomic mass is 19.1. The average Bonchev–Trinajstić information content (AvgIpc) is 2.30. The molecular weight excluding hydrogens is 205 g/mol. The highest BCUT2D eigenvalue weighted by Crippen LogP contribution is 2.15. The second-order valence-electron chi connectivity index (χ2n) is 3.74. The lowest BCUT2D eigenvalue weighted by Crippen LogP contribution is -2.18. The maximum absolute atomic E-state index is 13.1. The minimum atomic E-state index is -0.290. The van der Waals surface area contributed by atoms with Crippen molar-refractivity contribution in [2.24, 2.45) is 0 Å². The van der Waals surface area contributed by atoms with Crippen molar-refractivity contribution in [2.75, 3.05) is 19.7 Å². The van der Waals surface area contributed by atoms with Crippen LogP contribution in [0.25, 0.3) is 0 Å². The van der Waals surface area contributed by atoms with Gasteiger partial charge in [-0.1, -0.05) is 25.5 Å². The van der Waals surface area contributed by atoms with E-state index in [4.69, 9.17) is 4.74 Å². The lowest BCUT2D eigenvalue weighted by Gasteiger charge is -2.07. The molecule has 3 heteroatoms. The number of para-hydroxylation sites is 1. The number of hydrogen-bond donors (Lipinski definition) is 1. The van der Waals surface area contributed by atoms with E-state index < -0.39 is 0 Å². The fourth-order valence-electron chi connectivity index (χ4n) is 1.37. The summed E-state index contributed by atoms with van der Waals surface area (Å²) in [6.45, 7) is 4.70. The Bertz CT molecular complexity index is 291. The first kappa shape index (κ1) is 13.0. The van der Waals surface area contributed by atoms with Gasteiger partial charge in [0.25, 0.3) is 0 Å². The Balaban J connectivity index is 2.05. The Hall–Kier alpha value is -1.09. The molecule has 0 saturated heterocycles. The van der Waals surface area contributed by atoms with Crippen LogP contribution in [0.15, 0.2) is 24.3 Å². The maximum Gasteiger partial charge on any atom is 0.165 e. The van der Waals surface area contributed by atoms with Gasteiger partial charge in [0.15, 0.2) is 11.6 Å². The van der Waals surface area contributed by atoms with E-state index in [0.717, 1.165) is 19.5 Å². The van der Waals surface area contributed by atoms with Gasteiger partial charge in [0, 0.05) is 0 Å². The molecule has 1 aromatic carbocycles. The van der Waals surface area contributed by atoms with Crippen molar-refractivity contribution in [1.82, 2.24) is 5.32 Å². The van der Waals surface area contributed by atoms with Gasteiger partial charge in [0.2, 0.25) is 0 Å². The predicted molar refractivity (Wildman–Crippen MR) is 64.3 cm³/mol. The number of halogens is 1. The van der Waals surface area contributed by atoms with Crippen molar-refractivity contribution in [2.45, 2.75) is 26.2 Å². The molecule has 0 saturated carbocycles. The molecule has 16 heavy (non-hydrogen) atoms. The largest absolute Gasteiger partial charge is 0.490 e. The standard InChI is InChI=1S/C13H20FNO/c1-2-3-9-15-10-6-11-16-13-8-5-4-7-12(13)14/h4-5,7-8,15H,2-3,6,9-11H2,1H3. The summed E-state index contributed by atoms with van der Waals surface area (Å²) in [5.41, 5.74) is 0. The second kappa shape index (κ2) is 8.11. The zero-order chi connectivity index (χ0) is 11.6. The Kier molecular flexibility index (Phi) is 6.58. The Morgan fingerprint density at radius 3 is 2.69 bits per heavy atom. The number of nitrogens with one attached hydrogen (secondary N) is 1. The fraction of sp³-hybridized carbons (Fsp3) is 0.538. The first-order valence-electron chi connectivity index (χ1n) is 5.92. The first-order valence-corrected chi connectivity index (χ1v) is 5.92. The summed E-state index contributed by atoms with van der Waals surface area (Å²) in [7, 11) is 0. The van der Waals surface area contributed by atoms with Gasteiger partial charge in [0.05, 0.1) is 6.61 Å². The summed E-state index contributed by atoms with van der Waals surface area (Å²) in [5, 5.41) is 3.31. The van der Waals surface area contributed by atoms with Gasteiger partial charge < -0.3 is 10.1 Å². The third-order valence-corrected chi connectivity index (χ3v) is 2.30. The highest BCUT2D eigenvalue weighted by Gasteiger charge is 1.99. The quantitative estimate of drug-likeness (QED) is 0.687. The molecule has 0 atom stereocenters. The zero-order valence-corrected chi connectivity index (χ0v) is 9.84. The maximum atomic E-state index is 13.1. The SMILES string of the molecule is CCCCNCCCOc1ccccc1F. The monoisotopic (exact) mass is 225 g/mol. The van der Waals surface area contributed by atoms with Crippen molar-refractivity contribution in [3.8, 4) is 5.75 Å². The minimum Gasteiger partial charge on any atom is -0.490 e. The molecule has 2 nitrogen and oxygen atoms in total. The summed E-state index contributed by atoms with van der Waals surface area (Å²) >= 11 is 0. The number of hydrogen-bond acceptors (Lipinski definition) is 2. The third-order valence-electron chi connectivity index (χ3n) is 2.30. The molecule has 1 aromatic rings. The van der Waals surface area contributed by atoms with Gasteiger partial charge in [-0.3, -0.25) is 0 Å². The van der Waals surface area contributed by atoms with Gasteiger partial charge in [0.1, 0.15) is 0 Å². The van der Waals surface area contributed by atoms with Gasteiger partial charge in [-0.25, -0.2) is 4.39 Å². The molecule has 0 unspecified atom stereocenters. The molecule has 0 bridgehead atoms. The Labute approximate surface area is 96.8 Å². The smallest absolute Gasteiger partial charge is 0.165 e. The third kappa shape index (κ3) is 5.12. The number of unbranched alkanes of at least 4 members (excludes halogenated alkanes) is 1. The van der Waals surface area contributed by atoms with Crippen LogP contribution in [0.5, 0.6) is 5.75 Å². The van der Waals surface area contributed by atoms with Crippen LogP contribution in [-0.2, 0) is 0 Å². The van der Waals surface area contributed by atoms with Crippen molar-refractivity contribution in [3.63, 3.8) is 0 Å². The van der Waals surface area contributed by atoms with Crippen LogP contribution in [0.3, 0.4) is 0 Å². The molecule has 0 spiro atoms. The topological polar surface area (TPSA) is 21.3 Å². The molecule has 1 N–H and O–H groups in total. The summed E-state index contributed by atoms with van der Waals surface area (Å²) < 4.78 is 18.5.